The molecule has 0 saturated carbocycles. The molecule has 1 heterocycles. The summed E-state index contributed by atoms with van der Waals surface area (Å²) in [4.78, 5) is 13.5. The highest BCUT2D eigenvalue weighted by Crippen LogP contribution is 2.29. The number of nitrogens with zero attached hydrogens (tertiary/aromatic N) is 1. The monoisotopic (exact) mass is 218 g/mol. The Morgan fingerprint density at radius 2 is 2.31 bits per heavy atom. The summed E-state index contributed by atoms with van der Waals surface area (Å²) in [6.07, 6.45) is 1.99. The van der Waals surface area contributed by atoms with Gasteiger partial charge in [-0.2, -0.15) is 0 Å². The summed E-state index contributed by atoms with van der Waals surface area (Å²) in [6.45, 7) is 5.50. The van der Waals surface area contributed by atoms with Crippen LogP contribution in [0, 0.1) is 0 Å². The summed E-state index contributed by atoms with van der Waals surface area (Å²) < 4.78 is 0. The number of aryl methyl sites for hydroxylation is 1. The van der Waals surface area contributed by atoms with Gasteiger partial charge in [-0.25, -0.2) is 0 Å². The molecule has 3 nitrogen and oxygen atoms in total. The van der Waals surface area contributed by atoms with Crippen molar-refractivity contribution in [2.45, 2.75) is 26.7 Å². The molecule has 86 valence electrons. The van der Waals surface area contributed by atoms with E-state index in [-0.39, 0.29) is 5.91 Å². The van der Waals surface area contributed by atoms with Gasteiger partial charge in [-0.15, -0.1) is 0 Å². The number of carbonyl (C=O) groups is 1. The Bertz CT molecular complexity index is 401. The lowest BCUT2D eigenvalue weighted by atomic mass is 10.1. The summed E-state index contributed by atoms with van der Waals surface area (Å²) in [5.74, 6) is 0.123. The number of carbonyl (C=O) groups excluding carboxylic acids is 1. The van der Waals surface area contributed by atoms with Crippen LogP contribution in [-0.2, 0) is 11.2 Å². The quantitative estimate of drug-likeness (QED) is 0.785. The molecule has 0 fully saturated rings. The van der Waals surface area contributed by atoms with E-state index >= 15 is 0 Å². The molecule has 1 amide bonds. The van der Waals surface area contributed by atoms with Gasteiger partial charge < -0.3 is 10.2 Å². The lowest BCUT2D eigenvalue weighted by molar-refractivity contribution is -0.116. The predicted molar refractivity (Wildman–Crippen MR) is 67.0 cm³/mol. The second-order valence-electron chi connectivity index (χ2n) is 4.16. The molecular formula is C13H18N2O. The molecule has 1 aromatic carbocycles. The van der Waals surface area contributed by atoms with E-state index in [9.17, 15) is 4.79 Å². The second kappa shape index (κ2) is 4.56. The summed E-state index contributed by atoms with van der Waals surface area (Å²) in [5.41, 5.74) is 3.38. The maximum atomic E-state index is 11.6. The molecule has 1 aromatic rings. The Kier molecular flexibility index (Phi) is 3.13. The first-order valence-corrected chi connectivity index (χ1v) is 5.87. The zero-order chi connectivity index (χ0) is 11.5. The minimum atomic E-state index is 0.123. The average Bonchev–Trinajstić information content (AvgIpc) is 2.49. The molecule has 0 aliphatic carbocycles. The van der Waals surface area contributed by atoms with Crippen LogP contribution in [0.2, 0.25) is 0 Å². The number of rotatable bonds is 1. The fourth-order valence-corrected chi connectivity index (χ4v) is 2.08. The van der Waals surface area contributed by atoms with Crippen molar-refractivity contribution in [3.8, 4) is 0 Å². The van der Waals surface area contributed by atoms with Gasteiger partial charge in [0, 0.05) is 20.0 Å². The highest BCUT2D eigenvalue weighted by Gasteiger charge is 2.18. The normalized spacial score (nSPS) is 15.0. The van der Waals surface area contributed by atoms with E-state index < -0.39 is 0 Å². The van der Waals surface area contributed by atoms with Crippen molar-refractivity contribution < 1.29 is 4.79 Å². The maximum Gasteiger partial charge on any atom is 0.223 e. The number of anilines is 2. The van der Waals surface area contributed by atoms with E-state index in [4.69, 9.17) is 0 Å². The molecule has 2 rings (SSSR count). The van der Waals surface area contributed by atoms with Gasteiger partial charge in [-0.3, -0.25) is 4.79 Å². The number of benzene rings is 1. The minimum Gasteiger partial charge on any atom is -0.383 e. The van der Waals surface area contributed by atoms with E-state index in [1.807, 2.05) is 4.90 Å². The number of fused-ring (bicyclic) bond motifs is 1. The van der Waals surface area contributed by atoms with Crippen LogP contribution in [0.4, 0.5) is 11.4 Å². The largest absolute Gasteiger partial charge is 0.383 e. The van der Waals surface area contributed by atoms with E-state index in [1.165, 1.54) is 5.56 Å². The van der Waals surface area contributed by atoms with Gasteiger partial charge in [-0.05, 0) is 30.5 Å². The predicted octanol–water partition coefficient (Wildman–Crippen LogP) is 2.42. The fourth-order valence-electron chi connectivity index (χ4n) is 2.08. The van der Waals surface area contributed by atoms with Crippen LogP contribution in [0.5, 0.6) is 0 Å². The van der Waals surface area contributed by atoms with Crippen molar-refractivity contribution in [2.75, 3.05) is 23.3 Å². The average molecular weight is 218 g/mol. The van der Waals surface area contributed by atoms with Crippen LogP contribution in [0.3, 0.4) is 0 Å². The molecule has 1 aliphatic heterocycles. The number of hydrogen-bond donors (Lipinski definition) is 1. The van der Waals surface area contributed by atoms with Crippen molar-refractivity contribution >= 4 is 17.3 Å². The lowest BCUT2D eigenvalue weighted by Gasteiger charge is -2.21. The maximum absolute atomic E-state index is 11.6. The lowest BCUT2D eigenvalue weighted by Crippen LogP contribution is -2.29. The third kappa shape index (κ3) is 2.03. The molecule has 1 aliphatic rings. The van der Waals surface area contributed by atoms with E-state index in [2.05, 4.69) is 30.4 Å². The first-order chi connectivity index (χ1) is 7.72. The van der Waals surface area contributed by atoms with E-state index in [0.29, 0.717) is 0 Å². The van der Waals surface area contributed by atoms with Gasteiger partial charge in [0.2, 0.25) is 5.91 Å². The smallest absolute Gasteiger partial charge is 0.223 e. The SMILES string of the molecule is CCc1ccc2c(c1)N(C(C)=O)CCCN2. The molecule has 0 aromatic heterocycles. The molecule has 3 heteroatoms. The number of nitrogens with one attached hydrogen (secondary N) is 1. The molecule has 0 spiro atoms. The highest BCUT2D eigenvalue weighted by molar-refractivity contribution is 5.95. The topological polar surface area (TPSA) is 32.3 Å². The van der Waals surface area contributed by atoms with Gasteiger partial charge in [0.25, 0.3) is 0 Å². The van der Waals surface area contributed by atoms with E-state index in [0.717, 1.165) is 37.3 Å². The zero-order valence-electron chi connectivity index (χ0n) is 9.92. The molecular weight excluding hydrogens is 200 g/mol. The van der Waals surface area contributed by atoms with Crippen molar-refractivity contribution in [3.63, 3.8) is 0 Å². The van der Waals surface area contributed by atoms with Crippen LogP contribution in [-0.4, -0.2) is 19.0 Å². The van der Waals surface area contributed by atoms with Crippen LogP contribution < -0.4 is 10.2 Å². The minimum absolute atomic E-state index is 0.123. The second-order valence-corrected chi connectivity index (χ2v) is 4.16. The van der Waals surface area contributed by atoms with Crippen LogP contribution in [0.15, 0.2) is 18.2 Å². The van der Waals surface area contributed by atoms with Gasteiger partial charge in [0.05, 0.1) is 11.4 Å². The molecule has 0 saturated heterocycles. The third-order valence-corrected chi connectivity index (χ3v) is 3.02. The number of amides is 1. The van der Waals surface area contributed by atoms with Gasteiger partial charge >= 0.3 is 0 Å². The summed E-state index contributed by atoms with van der Waals surface area (Å²) >= 11 is 0. The van der Waals surface area contributed by atoms with Crippen LogP contribution >= 0.6 is 0 Å². The Morgan fingerprint density at radius 3 is 3.00 bits per heavy atom. The molecule has 0 atom stereocenters. The molecule has 16 heavy (non-hydrogen) atoms. The molecule has 0 bridgehead atoms. The first-order valence-electron chi connectivity index (χ1n) is 5.87. The fraction of sp³-hybridized carbons (Fsp3) is 0.462. The van der Waals surface area contributed by atoms with Crippen molar-refractivity contribution in [2.24, 2.45) is 0 Å². The first kappa shape index (κ1) is 11.0. The van der Waals surface area contributed by atoms with Crippen LogP contribution in [0.1, 0.15) is 25.8 Å². The zero-order valence-corrected chi connectivity index (χ0v) is 9.92. The summed E-state index contributed by atoms with van der Waals surface area (Å²) in [5, 5.41) is 3.37. The van der Waals surface area contributed by atoms with Crippen LogP contribution in [0.25, 0.3) is 0 Å². The van der Waals surface area contributed by atoms with Crippen molar-refractivity contribution in [1.82, 2.24) is 0 Å². The molecule has 0 radical (unpaired) electrons. The van der Waals surface area contributed by atoms with Gasteiger partial charge in [0.1, 0.15) is 0 Å². The van der Waals surface area contributed by atoms with Crippen molar-refractivity contribution in [1.29, 1.82) is 0 Å². The van der Waals surface area contributed by atoms with E-state index in [1.54, 1.807) is 6.92 Å². The number of hydrogen-bond acceptors (Lipinski definition) is 2. The summed E-state index contributed by atoms with van der Waals surface area (Å²) in [6, 6.07) is 6.32. The summed E-state index contributed by atoms with van der Waals surface area (Å²) in [7, 11) is 0. The van der Waals surface area contributed by atoms with Crippen molar-refractivity contribution in [3.05, 3.63) is 23.8 Å². The molecule has 0 unspecified atom stereocenters. The molecule has 1 N–H and O–H groups in total. The third-order valence-electron chi connectivity index (χ3n) is 3.02. The Hall–Kier alpha value is -1.51. The van der Waals surface area contributed by atoms with Gasteiger partial charge in [0.15, 0.2) is 0 Å². The standard InChI is InChI=1S/C13H18N2O/c1-3-11-5-6-12-13(9-11)15(10(2)16)8-4-7-14-12/h5-6,9,14H,3-4,7-8H2,1-2H3. The Morgan fingerprint density at radius 1 is 1.50 bits per heavy atom. The van der Waals surface area contributed by atoms with Gasteiger partial charge in [-0.1, -0.05) is 13.0 Å². The highest BCUT2D eigenvalue weighted by atomic mass is 16.2. The Balaban J connectivity index is 2.44. The Labute approximate surface area is 96.5 Å².